The molecule has 28 heavy (non-hydrogen) atoms. The molecule has 1 aliphatic rings. The van der Waals surface area contributed by atoms with Crippen molar-refractivity contribution in [2.45, 2.75) is 38.6 Å². The molecule has 0 saturated carbocycles. The molecule has 1 N–H and O–H groups in total. The van der Waals surface area contributed by atoms with Crippen molar-refractivity contribution in [3.63, 3.8) is 0 Å². The summed E-state index contributed by atoms with van der Waals surface area (Å²) in [5.74, 6) is 0.206. The molecule has 3 rings (SSSR count). The Kier molecular flexibility index (Phi) is 6.57. The molecule has 0 spiro atoms. The molecule has 0 aliphatic carbocycles. The Balaban J connectivity index is 1.42. The summed E-state index contributed by atoms with van der Waals surface area (Å²) in [5.41, 5.74) is 0.623. The van der Waals surface area contributed by atoms with Crippen molar-refractivity contribution in [2.24, 2.45) is 0 Å². The van der Waals surface area contributed by atoms with E-state index in [1.54, 1.807) is 24.0 Å². The number of piperidine rings is 1. The molecule has 1 saturated heterocycles. The van der Waals surface area contributed by atoms with Gasteiger partial charge in [0.05, 0.1) is 6.61 Å². The third-order valence-corrected chi connectivity index (χ3v) is 4.51. The molecular weight excluding hydrogens is 367 g/mol. The number of nitrogens with one attached hydrogen (secondary N) is 1. The van der Waals surface area contributed by atoms with E-state index in [-0.39, 0.29) is 30.3 Å². The van der Waals surface area contributed by atoms with Crippen LogP contribution in [0.5, 0.6) is 0 Å². The van der Waals surface area contributed by atoms with Crippen LogP contribution >= 0.6 is 0 Å². The highest BCUT2D eigenvalue weighted by molar-refractivity contribution is 5.76. The lowest BCUT2D eigenvalue weighted by Gasteiger charge is -2.31. The summed E-state index contributed by atoms with van der Waals surface area (Å²) in [6, 6.07) is 5.79. The Bertz CT molecular complexity index is 801. The van der Waals surface area contributed by atoms with Gasteiger partial charge >= 0.3 is 6.09 Å². The monoisotopic (exact) mass is 390 g/mol. The van der Waals surface area contributed by atoms with Crippen LogP contribution in [-0.4, -0.2) is 52.8 Å². The van der Waals surface area contributed by atoms with Crippen LogP contribution in [-0.2, 0) is 16.0 Å². The van der Waals surface area contributed by atoms with E-state index >= 15 is 0 Å². The summed E-state index contributed by atoms with van der Waals surface area (Å²) in [7, 11) is 0. The van der Waals surface area contributed by atoms with Crippen LogP contribution in [0.3, 0.4) is 0 Å². The van der Waals surface area contributed by atoms with Gasteiger partial charge in [0, 0.05) is 37.5 Å². The predicted molar refractivity (Wildman–Crippen MR) is 97.8 cm³/mol. The summed E-state index contributed by atoms with van der Waals surface area (Å²) in [4.78, 5) is 25.5. The van der Waals surface area contributed by atoms with Crippen molar-refractivity contribution < 1.29 is 23.1 Å². The average molecular weight is 390 g/mol. The van der Waals surface area contributed by atoms with E-state index in [9.17, 15) is 14.0 Å². The first-order valence-corrected chi connectivity index (χ1v) is 9.34. The van der Waals surface area contributed by atoms with Gasteiger partial charge in [-0.3, -0.25) is 4.79 Å². The number of aryl methyl sites for hydroxylation is 1. The molecule has 1 aliphatic heterocycles. The maximum absolute atomic E-state index is 13.0. The van der Waals surface area contributed by atoms with E-state index in [0.29, 0.717) is 56.3 Å². The van der Waals surface area contributed by atoms with Crippen LogP contribution in [0.4, 0.5) is 9.18 Å². The van der Waals surface area contributed by atoms with Crippen molar-refractivity contribution in [1.29, 1.82) is 0 Å². The van der Waals surface area contributed by atoms with Gasteiger partial charge in [-0.15, -0.1) is 10.2 Å². The highest BCUT2D eigenvalue weighted by Crippen LogP contribution is 2.18. The second-order valence-corrected chi connectivity index (χ2v) is 6.54. The van der Waals surface area contributed by atoms with Crippen molar-refractivity contribution in [1.82, 2.24) is 20.4 Å². The fourth-order valence-corrected chi connectivity index (χ4v) is 3.01. The van der Waals surface area contributed by atoms with Gasteiger partial charge < -0.3 is 19.4 Å². The van der Waals surface area contributed by atoms with Gasteiger partial charge in [0.1, 0.15) is 5.82 Å². The number of carbonyl (C=O) groups excluding carboxylic acids is 2. The number of benzene rings is 1. The number of carbonyl (C=O) groups is 2. The number of aromatic nitrogens is 2. The Labute approximate surface area is 162 Å². The number of hydrogen-bond acceptors (Lipinski definition) is 6. The smallest absolute Gasteiger partial charge is 0.409 e. The van der Waals surface area contributed by atoms with Crippen LogP contribution in [0.1, 0.15) is 32.1 Å². The number of halogens is 1. The fourth-order valence-electron chi connectivity index (χ4n) is 3.01. The molecule has 1 aromatic carbocycles. The highest BCUT2D eigenvalue weighted by Gasteiger charge is 2.24. The maximum Gasteiger partial charge on any atom is 0.409 e. The van der Waals surface area contributed by atoms with Crippen molar-refractivity contribution in [3.05, 3.63) is 36.0 Å². The first-order chi connectivity index (χ1) is 13.5. The molecule has 0 unspecified atom stereocenters. The topological polar surface area (TPSA) is 97.6 Å². The fraction of sp³-hybridized carbons (Fsp3) is 0.474. The van der Waals surface area contributed by atoms with E-state index < -0.39 is 0 Å². The van der Waals surface area contributed by atoms with Crippen molar-refractivity contribution in [2.75, 3.05) is 19.7 Å². The molecule has 2 amide bonds. The second kappa shape index (κ2) is 9.29. The summed E-state index contributed by atoms with van der Waals surface area (Å²) < 4.78 is 23.5. The number of rotatable bonds is 6. The predicted octanol–water partition coefficient (Wildman–Crippen LogP) is 2.55. The Morgan fingerprint density at radius 3 is 2.64 bits per heavy atom. The zero-order valence-corrected chi connectivity index (χ0v) is 15.7. The molecule has 1 fully saturated rings. The molecular formula is C19H23FN4O4. The largest absolute Gasteiger partial charge is 0.450 e. The zero-order chi connectivity index (χ0) is 19.9. The molecule has 8 nitrogen and oxygen atoms in total. The van der Waals surface area contributed by atoms with Gasteiger partial charge in [-0.25, -0.2) is 9.18 Å². The van der Waals surface area contributed by atoms with Crippen LogP contribution < -0.4 is 5.32 Å². The number of nitrogens with zero attached hydrogens (tertiary/aromatic N) is 3. The van der Waals surface area contributed by atoms with Gasteiger partial charge in [0.2, 0.25) is 17.7 Å². The SMILES string of the molecule is CCOC(=O)N1CCC(NC(=O)CCc2nnc(-c3ccc(F)cc3)o2)CC1. The van der Waals surface area contributed by atoms with Gasteiger partial charge in [0.25, 0.3) is 0 Å². The Hall–Kier alpha value is -2.97. The van der Waals surface area contributed by atoms with Crippen molar-refractivity contribution >= 4 is 12.0 Å². The third kappa shape index (κ3) is 5.28. The summed E-state index contributed by atoms with van der Waals surface area (Å²) in [6.07, 6.45) is 1.63. The number of hydrogen-bond donors (Lipinski definition) is 1. The van der Waals surface area contributed by atoms with Crippen molar-refractivity contribution in [3.8, 4) is 11.5 Å². The van der Waals surface area contributed by atoms with E-state index in [2.05, 4.69) is 15.5 Å². The third-order valence-electron chi connectivity index (χ3n) is 4.51. The summed E-state index contributed by atoms with van der Waals surface area (Å²) >= 11 is 0. The molecule has 1 aromatic heterocycles. The Morgan fingerprint density at radius 1 is 1.25 bits per heavy atom. The number of amides is 2. The van der Waals surface area contributed by atoms with Gasteiger partial charge in [-0.05, 0) is 44.0 Å². The van der Waals surface area contributed by atoms with Crippen LogP contribution in [0.25, 0.3) is 11.5 Å². The maximum atomic E-state index is 13.0. The van der Waals surface area contributed by atoms with Gasteiger partial charge in [-0.1, -0.05) is 0 Å². The minimum Gasteiger partial charge on any atom is -0.450 e. The molecule has 150 valence electrons. The number of ether oxygens (including phenoxy) is 1. The molecule has 9 heteroatoms. The van der Waals surface area contributed by atoms with Crippen LogP contribution in [0.15, 0.2) is 28.7 Å². The first-order valence-electron chi connectivity index (χ1n) is 9.34. The highest BCUT2D eigenvalue weighted by atomic mass is 19.1. The van der Waals surface area contributed by atoms with Gasteiger partial charge in [0.15, 0.2) is 0 Å². The van der Waals surface area contributed by atoms with Crippen LogP contribution in [0.2, 0.25) is 0 Å². The van der Waals surface area contributed by atoms with E-state index in [1.807, 2.05) is 0 Å². The van der Waals surface area contributed by atoms with Crippen LogP contribution in [0, 0.1) is 5.82 Å². The first kappa shape index (κ1) is 19.8. The lowest BCUT2D eigenvalue weighted by Crippen LogP contribution is -2.46. The Morgan fingerprint density at radius 2 is 1.96 bits per heavy atom. The van der Waals surface area contributed by atoms with E-state index in [1.165, 1.54) is 12.1 Å². The zero-order valence-electron chi connectivity index (χ0n) is 15.7. The van der Waals surface area contributed by atoms with E-state index in [0.717, 1.165) is 0 Å². The average Bonchev–Trinajstić information content (AvgIpc) is 3.17. The molecule has 0 radical (unpaired) electrons. The van der Waals surface area contributed by atoms with E-state index in [4.69, 9.17) is 9.15 Å². The summed E-state index contributed by atoms with van der Waals surface area (Å²) in [5, 5.41) is 10.8. The standard InChI is InChI=1S/C19H23FN4O4/c1-2-27-19(26)24-11-9-15(10-12-24)21-16(25)7-8-17-22-23-18(28-17)13-3-5-14(20)6-4-13/h3-6,15H,2,7-12H2,1H3,(H,21,25). The van der Waals surface area contributed by atoms with Gasteiger partial charge in [-0.2, -0.15) is 0 Å². The minimum atomic E-state index is -0.340. The molecule has 2 heterocycles. The quantitative estimate of drug-likeness (QED) is 0.814. The second-order valence-electron chi connectivity index (χ2n) is 6.54. The number of likely N-dealkylation sites (tertiary alicyclic amines) is 1. The summed E-state index contributed by atoms with van der Waals surface area (Å²) in [6.45, 7) is 3.26. The minimum absolute atomic E-state index is 0.0376. The molecule has 0 atom stereocenters. The molecule has 0 bridgehead atoms. The lowest BCUT2D eigenvalue weighted by atomic mass is 10.1. The molecule has 2 aromatic rings. The lowest BCUT2D eigenvalue weighted by molar-refractivity contribution is -0.122. The normalized spacial score (nSPS) is 14.7.